The van der Waals surface area contributed by atoms with Crippen LogP contribution in [0, 0.1) is 0 Å². The highest BCUT2D eigenvalue weighted by Crippen LogP contribution is 2.65. The zero-order valence-corrected chi connectivity index (χ0v) is 31.4. The Balaban J connectivity index is 1.31. The number of likely N-dealkylation sites (N-methyl/N-ethyl adjacent to an activating group) is 1. The van der Waals surface area contributed by atoms with Crippen molar-refractivity contribution in [1.82, 2.24) is 4.90 Å². The van der Waals surface area contributed by atoms with Gasteiger partial charge >= 0.3 is 30.0 Å². The van der Waals surface area contributed by atoms with Gasteiger partial charge in [-0.25, -0.2) is 14.4 Å². The summed E-state index contributed by atoms with van der Waals surface area (Å²) < 4.78 is 39.7. The summed E-state index contributed by atoms with van der Waals surface area (Å²) >= 11 is 0. The van der Waals surface area contributed by atoms with Crippen LogP contribution in [0.3, 0.4) is 0 Å². The Labute approximate surface area is 313 Å². The fraction of sp³-hybridized carbons (Fsp3) is 0.525. The molecular weight excluding hydrogens is 702 g/mol. The van der Waals surface area contributed by atoms with E-state index in [0.717, 1.165) is 18.9 Å². The second-order valence-electron chi connectivity index (χ2n) is 15.2. The fourth-order valence-electron chi connectivity index (χ4n) is 8.02. The Morgan fingerprint density at radius 1 is 1.02 bits per heavy atom. The van der Waals surface area contributed by atoms with Crippen LogP contribution in [0.25, 0.3) is 0 Å². The van der Waals surface area contributed by atoms with Crippen molar-refractivity contribution in [2.75, 3.05) is 20.2 Å². The molecule has 54 heavy (non-hydrogen) atoms. The van der Waals surface area contributed by atoms with Gasteiger partial charge in [0, 0.05) is 30.5 Å². The van der Waals surface area contributed by atoms with Crippen molar-refractivity contribution in [2.24, 2.45) is 0 Å². The molecule has 0 unspecified atom stereocenters. The van der Waals surface area contributed by atoms with Gasteiger partial charge in [0.05, 0.1) is 24.0 Å². The number of nitrogens with zero attached hydrogens (tertiary/aromatic N) is 1. The first-order valence-corrected chi connectivity index (χ1v) is 18.2. The molecule has 1 N–H and O–H groups in total. The van der Waals surface area contributed by atoms with Gasteiger partial charge in [0.15, 0.2) is 17.6 Å². The van der Waals surface area contributed by atoms with Gasteiger partial charge in [-0.1, -0.05) is 49.7 Å². The predicted octanol–water partition coefficient (Wildman–Crippen LogP) is 4.77. The van der Waals surface area contributed by atoms with Gasteiger partial charge in [0.2, 0.25) is 12.2 Å². The van der Waals surface area contributed by atoms with Crippen LogP contribution in [0.4, 0.5) is 4.79 Å². The maximum absolute atomic E-state index is 14.2. The average Bonchev–Trinajstić information content (AvgIpc) is 3.46. The van der Waals surface area contributed by atoms with Gasteiger partial charge in [-0.15, -0.1) is 0 Å². The quantitative estimate of drug-likeness (QED) is 0.136. The molecule has 2 heterocycles. The molecule has 0 radical (unpaired) electrons. The van der Waals surface area contributed by atoms with Gasteiger partial charge in [0.1, 0.15) is 11.4 Å². The van der Waals surface area contributed by atoms with Gasteiger partial charge in [-0.05, 0) is 71.3 Å². The summed E-state index contributed by atoms with van der Waals surface area (Å²) in [4.78, 5) is 67.1. The van der Waals surface area contributed by atoms with E-state index in [9.17, 15) is 29.1 Å². The number of ether oxygens (including phenoxy) is 7. The fourth-order valence-corrected chi connectivity index (χ4v) is 8.02. The number of hydrogen-bond acceptors (Lipinski definition) is 14. The first kappa shape index (κ1) is 38.8. The first-order chi connectivity index (χ1) is 25.6. The molecule has 6 atom stereocenters. The molecule has 290 valence electrons. The van der Waals surface area contributed by atoms with Crippen molar-refractivity contribution >= 4 is 30.0 Å². The monoisotopic (exact) mass is 749 g/mol. The van der Waals surface area contributed by atoms with Crippen LogP contribution in [0.15, 0.2) is 54.3 Å². The van der Waals surface area contributed by atoms with Crippen LogP contribution in [0.2, 0.25) is 0 Å². The summed E-state index contributed by atoms with van der Waals surface area (Å²) in [5, 5.41) is 12.7. The minimum Gasteiger partial charge on any atom is -0.477 e. The molecule has 6 rings (SSSR count). The number of benzene rings is 2. The lowest BCUT2D eigenvalue weighted by molar-refractivity contribution is -0.183. The van der Waals surface area contributed by atoms with Crippen molar-refractivity contribution in [2.45, 2.75) is 114 Å². The minimum absolute atomic E-state index is 0.0771. The summed E-state index contributed by atoms with van der Waals surface area (Å²) in [6, 6.07) is 11.3. The largest absolute Gasteiger partial charge is 0.514 e. The molecular formula is C40H47NO13. The third-order valence-corrected chi connectivity index (χ3v) is 10.4. The number of carbonyl (C=O) groups excluding carboxylic acids is 5. The van der Waals surface area contributed by atoms with E-state index in [4.69, 9.17) is 33.2 Å². The molecule has 4 aliphatic rings. The van der Waals surface area contributed by atoms with E-state index in [2.05, 4.69) is 4.90 Å². The number of carbonyl (C=O) groups is 5. The van der Waals surface area contributed by atoms with Crippen LogP contribution in [0.5, 0.6) is 11.5 Å². The lowest BCUT2D eigenvalue weighted by Crippen LogP contribution is -2.74. The smallest absolute Gasteiger partial charge is 0.477 e. The third-order valence-electron chi connectivity index (χ3n) is 10.4. The number of hydrogen-bond donors (Lipinski definition) is 1. The van der Waals surface area contributed by atoms with Gasteiger partial charge in [0.25, 0.3) is 0 Å². The van der Waals surface area contributed by atoms with Crippen molar-refractivity contribution in [3.8, 4) is 11.5 Å². The Morgan fingerprint density at radius 2 is 1.76 bits per heavy atom. The van der Waals surface area contributed by atoms with Crippen LogP contribution in [0.1, 0.15) is 89.5 Å². The minimum atomic E-state index is -1.69. The van der Waals surface area contributed by atoms with Crippen LogP contribution in [-0.4, -0.2) is 89.7 Å². The molecule has 1 fully saturated rings. The Kier molecular flexibility index (Phi) is 10.8. The highest BCUT2D eigenvalue weighted by Gasteiger charge is 2.72. The van der Waals surface area contributed by atoms with Crippen LogP contribution < -0.4 is 9.47 Å². The summed E-state index contributed by atoms with van der Waals surface area (Å²) in [6.07, 6.45) is -1.92. The lowest BCUT2D eigenvalue weighted by Gasteiger charge is -2.61. The maximum atomic E-state index is 14.2. The van der Waals surface area contributed by atoms with Crippen molar-refractivity contribution in [1.29, 1.82) is 0 Å². The van der Waals surface area contributed by atoms with E-state index in [-0.39, 0.29) is 41.9 Å². The van der Waals surface area contributed by atoms with E-state index in [1.54, 1.807) is 63.2 Å². The first-order valence-electron chi connectivity index (χ1n) is 18.2. The number of piperidine rings is 1. The predicted molar refractivity (Wildman–Crippen MR) is 189 cm³/mol. The number of unbranched alkanes of at least 4 members (excludes halogenated alkanes) is 1. The number of likely N-dealkylation sites (tertiary alicyclic amines) is 1. The van der Waals surface area contributed by atoms with Crippen LogP contribution >= 0.6 is 0 Å². The molecule has 1 spiro atoms. The Hall–Kier alpha value is -4.95. The Morgan fingerprint density at radius 3 is 2.44 bits per heavy atom. The molecule has 2 aromatic carbocycles. The SMILES string of the molecule is CCCCOC(=O)C[C@H](OC(C)=O)C(=O)O[C@H](C(=O)OC1=CC[C@@]2(O)[C@H]3Cc4ccc(OC(=O)OC(C)(C)C)c5c4[C@@]2(CCN3C)[C@H]1O5)c1ccccc1. The summed E-state index contributed by atoms with van der Waals surface area (Å²) in [7, 11) is 1.96. The van der Waals surface area contributed by atoms with E-state index in [1.165, 1.54) is 0 Å². The van der Waals surface area contributed by atoms with Crippen molar-refractivity contribution < 1.29 is 62.2 Å². The van der Waals surface area contributed by atoms with Gasteiger partial charge in [-0.3, -0.25) is 9.59 Å². The van der Waals surface area contributed by atoms with Crippen molar-refractivity contribution in [3.63, 3.8) is 0 Å². The van der Waals surface area contributed by atoms with Gasteiger partial charge < -0.3 is 43.2 Å². The molecule has 2 aromatic rings. The summed E-state index contributed by atoms with van der Waals surface area (Å²) in [6.45, 7) is 8.87. The molecule has 0 saturated carbocycles. The highest BCUT2D eigenvalue weighted by atomic mass is 16.7. The standard InChI is InChI=1S/C40H47NO13/c1-7-8-20-48-30(43)22-28(49-23(2)42)35(44)53-32(24-12-10-9-11-13-24)36(45)50-27-16-17-40(47)29-21-25-14-15-26(51-37(46)54-38(3,4)5)33-31(25)39(40,34(27)52-33)18-19-41(29)6/h9-16,28-29,32,34,47H,7-8,17-22H2,1-6H3/t28-,29+,32-,34-,39-,40+/m0/s1. The second kappa shape index (κ2) is 15.1. The molecule has 0 aromatic heterocycles. The number of esters is 4. The highest BCUT2D eigenvalue weighted by molar-refractivity contribution is 5.87. The van der Waals surface area contributed by atoms with Crippen molar-refractivity contribution in [3.05, 3.63) is 71.0 Å². The van der Waals surface area contributed by atoms with E-state index >= 15 is 0 Å². The molecule has 14 nitrogen and oxygen atoms in total. The summed E-state index contributed by atoms with van der Waals surface area (Å²) in [5.41, 5.74) is -1.43. The van der Waals surface area contributed by atoms with Crippen LogP contribution in [-0.2, 0) is 54.7 Å². The maximum Gasteiger partial charge on any atom is 0.514 e. The van der Waals surface area contributed by atoms with E-state index in [1.807, 2.05) is 20.0 Å². The normalized spacial score (nSPS) is 24.8. The Bertz CT molecular complexity index is 1830. The number of aliphatic hydroxyl groups is 1. The number of rotatable bonds is 12. The molecule has 2 bridgehead atoms. The molecule has 2 aliphatic carbocycles. The van der Waals surface area contributed by atoms with E-state index in [0.29, 0.717) is 31.4 Å². The average molecular weight is 750 g/mol. The van der Waals surface area contributed by atoms with E-state index < -0.39 is 71.4 Å². The molecule has 1 saturated heterocycles. The van der Waals surface area contributed by atoms with Gasteiger partial charge in [-0.2, -0.15) is 0 Å². The molecule has 0 amide bonds. The molecule has 14 heteroatoms. The zero-order chi connectivity index (χ0) is 39.0. The zero-order valence-electron chi connectivity index (χ0n) is 31.4. The topological polar surface area (TPSA) is 173 Å². The molecule has 2 aliphatic heterocycles. The lowest BCUT2D eigenvalue weighted by atomic mass is 9.50. The third kappa shape index (κ3) is 7.28. The second-order valence-corrected chi connectivity index (χ2v) is 15.2. The summed E-state index contributed by atoms with van der Waals surface area (Å²) in [5.74, 6) is -3.35.